The summed E-state index contributed by atoms with van der Waals surface area (Å²) in [5, 5.41) is 3.44. The molecule has 0 aliphatic carbocycles. The standard InChI is InChI=1S/C17H29N3O/c1-2-21-15-9-18-8-10-19-11-13-20(14-12-19)16-17-6-4-3-5-7-17/h3-7,18H,2,8-16H2,1H3. The summed E-state index contributed by atoms with van der Waals surface area (Å²) in [4.78, 5) is 5.10. The second-order valence-electron chi connectivity index (χ2n) is 5.55. The van der Waals surface area contributed by atoms with Crippen LogP contribution in [0.2, 0.25) is 0 Å². The number of hydrogen-bond donors (Lipinski definition) is 1. The lowest BCUT2D eigenvalue weighted by Gasteiger charge is -2.34. The molecule has 1 aliphatic rings. The van der Waals surface area contributed by atoms with Crippen molar-refractivity contribution in [2.24, 2.45) is 0 Å². The van der Waals surface area contributed by atoms with Crippen LogP contribution in [0, 0.1) is 0 Å². The van der Waals surface area contributed by atoms with Crippen LogP contribution < -0.4 is 5.32 Å². The summed E-state index contributed by atoms with van der Waals surface area (Å²) in [6.45, 7) is 12.6. The highest BCUT2D eigenvalue weighted by Gasteiger charge is 2.16. The van der Waals surface area contributed by atoms with Crippen molar-refractivity contribution in [3.8, 4) is 0 Å². The Labute approximate surface area is 129 Å². The summed E-state index contributed by atoms with van der Waals surface area (Å²) in [5.74, 6) is 0. The Balaban J connectivity index is 1.54. The second kappa shape index (κ2) is 9.90. The van der Waals surface area contributed by atoms with Gasteiger partial charge in [-0.2, -0.15) is 0 Å². The minimum absolute atomic E-state index is 0.811. The minimum Gasteiger partial charge on any atom is -0.380 e. The van der Waals surface area contributed by atoms with E-state index in [0.29, 0.717) is 0 Å². The summed E-state index contributed by atoms with van der Waals surface area (Å²) in [6.07, 6.45) is 0. The van der Waals surface area contributed by atoms with Crippen molar-refractivity contribution < 1.29 is 4.74 Å². The molecule has 1 saturated heterocycles. The van der Waals surface area contributed by atoms with Gasteiger partial charge in [-0.05, 0) is 12.5 Å². The van der Waals surface area contributed by atoms with Gasteiger partial charge in [-0.15, -0.1) is 0 Å². The van der Waals surface area contributed by atoms with Crippen molar-refractivity contribution in [1.82, 2.24) is 15.1 Å². The van der Waals surface area contributed by atoms with Crippen LogP contribution >= 0.6 is 0 Å². The lowest BCUT2D eigenvalue weighted by atomic mass is 10.2. The number of hydrogen-bond acceptors (Lipinski definition) is 4. The molecule has 0 saturated carbocycles. The van der Waals surface area contributed by atoms with Gasteiger partial charge in [0.15, 0.2) is 0 Å². The Morgan fingerprint density at radius 3 is 2.43 bits per heavy atom. The first-order valence-electron chi connectivity index (χ1n) is 8.15. The van der Waals surface area contributed by atoms with E-state index in [-0.39, 0.29) is 0 Å². The summed E-state index contributed by atoms with van der Waals surface area (Å²) in [5.41, 5.74) is 1.42. The fourth-order valence-corrected chi connectivity index (χ4v) is 2.66. The highest BCUT2D eigenvalue weighted by molar-refractivity contribution is 5.14. The van der Waals surface area contributed by atoms with Crippen molar-refractivity contribution >= 4 is 0 Å². The van der Waals surface area contributed by atoms with E-state index in [0.717, 1.165) is 39.4 Å². The molecule has 118 valence electrons. The van der Waals surface area contributed by atoms with Crippen LogP contribution in [0.5, 0.6) is 0 Å². The third kappa shape index (κ3) is 6.57. The third-order valence-corrected chi connectivity index (χ3v) is 3.95. The van der Waals surface area contributed by atoms with Crippen LogP contribution in [-0.2, 0) is 11.3 Å². The zero-order valence-electron chi connectivity index (χ0n) is 13.3. The molecule has 0 amide bonds. The van der Waals surface area contributed by atoms with Crippen molar-refractivity contribution in [2.45, 2.75) is 13.5 Å². The molecule has 1 aromatic rings. The number of nitrogens with one attached hydrogen (secondary N) is 1. The van der Waals surface area contributed by atoms with Gasteiger partial charge in [0.05, 0.1) is 6.61 Å². The zero-order valence-corrected chi connectivity index (χ0v) is 13.3. The molecule has 1 fully saturated rings. The van der Waals surface area contributed by atoms with Crippen LogP contribution in [0.25, 0.3) is 0 Å². The lowest BCUT2D eigenvalue weighted by molar-refractivity contribution is 0.124. The Kier molecular flexibility index (Phi) is 7.75. The van der Waals surface area contributed by atoms with Gasteiger partial charge in [0.2, 0.25) is 0 Å². The van der Waals surface area contributed by atoms with Crippen molar-refractivity contribution in [3.05, 3.63) is 35.9 Å². The molecule has 1 heterocycles. The maximum atomic E-state index is 5.31. The number of nitrogens with zero attached hydrogens (tertiary/aromatic N) is 2. The summed E-state index contributed by atoms with van der Waals surface area (Å²) in [7, 11) is 0. The van der Waals surface area contributed by atoms with Gasteiger partial charge in [-0.25, -0.2) is 0 Å². The van der Waals surface area contributed by atoms with Crippen LogP contribution in [-0.4, -0.2) is 68.8 Å². The molecule has 0 spiro atoms. The van der Waals surface area contributed by atoms with Gasteiger partial charge in [0.1, 0.15) is 0 Å². The zero-order chi connectivity index (χ0) is 14.8. The number of rotatable bonds is 9. The Morgan fingerprint density at radius 1 is 1.00 bits per heavy atom. The van der Waals surface area contributed by atoms with Gasteiger partial charge in [0, 0.05) is 59.0 Å². The topological polar surface area (TPSA) is 27.7 Å². The van der Waals surface area contributed by atoms with E-state index in [1.54, 1.807) is 0 Å². The van der Waals surface area contributed by atoms with E-state index in [4.69, 9.17) is 4.74 Å². The first kappa shape index (κ1) is 16.4. The highest BCUT2D eigenvalue weighted by atomic mass is 16.5. The number of piperazine rings is 1. The van der Waals surface area contributed by atoms with E-state index in [1.165, 1.54) is 31.7 Å². The van der Waals surface area contributed by atoms with E-state index in [1.807, 2.05) is 6.92 Å². The van der Waals surface area contributed by atoms with Crippen LogP contribution in [0.15, 0.2) is 30.3 Å². The number of benzene rings is 1. The molecule has 0 aromatic heterocycles. The van der Waals surface area contributed by atoms with Gasteiger partial charge in [0.25, 0.3) is 0 Å². The third-order valence-electron chi connectivity index (χ3n) is 3.95. The van der Waals surface area contributed by atoms with Gasteiger partial charge in [-0.3, -0.25) is 9.80 Å². The second-order valence-corrected chi connectivity index (χ2v) is 5.55. The largest absolute Gasteiger partial charge is 0.380 e. The fraction of sp³-hybridized carbons (Fsp3) is 0.647. The smallest absolute Gasteiger partial charge is 0.0590 e. The summed E-state index contributed by atoms with van der Waals surface area (Å²) < 4.78 is 5.31. The molecule has 1 aliphatic heterocycles. The average Bonchev–Trinajstić information content (AvgIpc) is 2.53. The maximum absolute atomic E-state index is 5.31. The fourth-order valence-electron chi connectivity index (χ4n) is 2.66. The van der Waals surface area contributed by atoms with Crippen molar-refractivity contribution in [1.29, 1.82) is 0 Å². The average molecular weight is 291 g/mol. The summed E-state index contributed by atoms with van der Waals surface area (Å²) in [6, 6.07) is 10.8. The van der Waals surface area contributed by atoms with E-state index >= 15 is 0 Å². The molecular weight excluding hydrogens is 262 g/mol. The monoisotopic (exact) mass is 291 g/mol. The van der Waals surface area contributed by atoms with E-state index in [2.05, 4.69) is 45.4 Å². The molecule has 1 N–H and O–H groups in total. The molecule has 4 heteroatoms. The van der Waals surface area contributed by atoms with Gasteiger partial charge >= 0.3 is 0 Å². The maximum Gasteiger partial charge on any atom is 0.0590 e. The molecule has 1 aromatic carbocycles. The van der Waals surface area contributed by atoms with Crippen molar-refractivity contribution in [3.63, 3.8) is 0 Å². The quantitative estimate of drug-likeness (QED) is 0.697. The van der Waals surface area contributed by atoms with Gasteiger partial charge in [-0.1, -0.05) is 30.3 Å². The molecule has 0 unspecified atom stereocenters. The Morgan fingerprint density at radius 2 is 1.71 bits per heavy atom. The molecule has 0 bridgehead atoms. The van der Waals surface area contributed by atoms with E-state index in [9.17, 15) is 0 Å². The normalized spacial score (nSPS) is 17.2. The predicted octanol–water partition coefficient (Wildman–Crippen LogP) is 1.43. The highest BCUT2D eigenvalue weighted by Crippen LogP contribution is 2.07. The first-order chi connectivity index (χ1) is 10.4. The minimum atomic E-state index is 0.811. The number of ether oxygens (including phenoxy) is 1. The van der Waals surface area contributed by atoms with E-state index < -0.39 is 0 Å². The molecular formula is C17H29N3O. The van der Waals surface area contributed by atoms with Gasteiger partial charge < -0.3 is 10.1 Å². The Hall–Kier alpha value is -0.940. The van der Waals surface area contributed by atoms with Crippen LogP contribution in [0.1, 0.15) is 12.5 Å². The predicted molar refractivity (Wildman–Crippen MR) is 87.5 cm³/mol. The molecule has 21 heavy (non-hydrogen) atoms. The molecule has 2 rings (SSSR count). The molecule has 0 atom stereocenters. The Bertz CT molecular complexity index is 364. The molecule has 0 radical (unpaired) electrons. The SMILES string of the molecule is CCOCCNCCN1CCN(Cc2ccccc2)CC1. The molecule has 4 nitrogen and oxygen atoms in total. The van der Waals surface area contributed by atoms with Crippen LogP contribution in [0.4, 0.5) is 0 Å². The lowest BCUT2D eigenvalue weighted by Crippen LogP contribution is -2.47. The summed E-state index contributed by atoms with van der Waals surface area (Å²) >= 11 is 0. The van der Waals surface area contributed by atoms with Crippen LogP contribution in [0.3, 0.4) is 0 Å². The van der Waals surface area contributed by atoms with Crippen molar-refractivity contribution in [2.75, 3.05) is 59.0 Å². The first-order valence-corrected chi connectivity index (χ1v) is 8.15.